The molecule has 0 aliphatic carbocycles. The Morgan fingerprint density at radius 3 is 1.71 bits per heavy atom. The van der Waals surface area contributed by atoms with Crippen molar-refractivity contribution in [3.05, 3.63) is 0 Å². The Hall–Kier alpha value is -0.0400. The summed E-state index contributed by atoms with van der Waals surface area (Å²) in [6.07, 6.45) is 16.8. The van der Waals surface area contributed by atoms with Gasteiger partial charge in [0.2, 0.25) is 0 Å². The van der Waals surface area contributed by atoms with Gasteiger partial charge in [0.25, 0.3) is 0 Å². The van der Waals surface area contributed by atoms with Crippen molar-refractivity contribution < 1.29 is 0 Å². The van der Waals surface area contributed by atoms with Crippen molar-refractivity contribution in [1.29, 1.82) is 0 Å². The highest BCUT2D eigenvalue weighted by Gasteiger charge is 2.01. The molecule has 0 saturated heterocycles. The molecule has 0 bridgehead atoms. The average Bonchev–Trinajstić information content (AvgIpc) is 2.33. The van der Waals surface area contributed by atoms with Crippen molar-refractivity contribution in [3.8, 4) is 0 Å². The first-order valence-electron chi connectivity index (χ1n) is 8.01. The van der Waals surface area contributed by atoms with Crippen molar-refractivity contribution in [2.24, 2.45) is 11.7 Å². The Bertz CT molecular complexity index is 133. The fourth-order valence-electron chi connectivity index (χ4n) is 2.41. The van der Waals surface area contributed by atoms with Crippen LogP contribution in [0.1, 0.15) is 90.9 Å². The largest absolute Gasteiger partial charge is 0.330 e. The maximum absolute atomic E-state index is 5.49. The van der Waals surface area contributed by atoms with E-state index in [9.17, 15) is 0 Å². The van der Waals surface area contributed by atoms with Crippen molar-refractivity contribution in [2.45, 2.75) is 90.9 Å². The molecule has 0 aliphatic rings. The van der Waals surface area contributed by atoms with Gasteiger partial charge in [-0.2, -0.15) is 0 Å². The van der Waals surface area contributed by atoms with Crippen molar-refractivity contribution in [3.63, 3.8) is 0 Å². The molecule has 0 saturated carbocycles. The molecule has 0 rings (SSSR count). The first-order chi connectivity index (χ1) is 8.31. The minimum Gasteiger partial charge on any atom is -0.330 e. The molecule has 0 aromatic rings. The standard InChI is InChI=1S/C16H35N/c1-3-4-5-6-7-10-13-16(2)14-11-8-9-12-15-17/h16H,3-15,17H2,1-2H3. The lowest BCUT2D eigenvalue weighted by Gasteiger charge is -2.10. The van der Waals surface area contributed by atoms with Crippen LogP contribution in [0.3, 0.4) is 0 Å². The second-order valence-corrected chi connectivity index (χ2v) is 5.65. The average molecular weight is 241 g/mol. The second kappa shape index (κ2) is 14.0. The van der Waals surface area contributed by atoms with Crippen molar-refractivity contribution in [2.75, 3.05) is 6.54 Å². The van der Waals surface area contributed by atoms with Crippen molar-refractivity contribution >= 4 is 0 Å². The van der Waals surface area contributed by atoms with E-state index in [4.69, 9.17) is 5.73 Å². The summed E-state index contributed by atoms with van der Waals surface area (Å²) in [6.45, 7) is 5.58. The molecule has 1 atom stereocenters. The Morgan fingerprint density at radius 1 is 0.706 bits per heavy atom. The summed E-state index contributed by atoms with van der Waals surface area (Å²) in [6, 6.07) is 0. The van der Waals surface area contributed by atoms with Gasteiger partial charge in [-0.1, -0.05) is 84.5 Å². The Balaban J connectivity index is 3.09. The third-order valence-corrected chi connectivity index (χ3v) is 3.70. The van der Waals surface area contributed by atoms with E-state index in [0.29, 0.717) is 0 Å². The zero-order valence-electron chi connectivity index (χ0n) is 12.3. The number of unbranched alkanes of at least 4 members (excludes halogenated alkanes) is 8. The van der Waals surface area contributed by atoms with Gasteiger partial charge in [0.05, 0.1) is 0 Å². The molecule has 1 nitrogen and oxygen atoms in total. The number of hydrogen-bond acceptors (Lipinski definition) is 1. The minimum atomic E-state index is 0.868. The molecule has 0 aromatic heterocycles. The minimum absolute atomic E-state index is 0.868. The highest BCUT2D eigenvalue weighted by molar-refractivity contribution is 4.55. The van der Waals surface area contributed by atoms with E-state index in [1.54, 1.807) is 0 Å². The molecule has 1 heteroatoms. The van der Waals surface area contributed by atoms with Gasteiger partial charge in [0.1, 0.15) is 0 Å². The first kappa shape index (κ1) is 17.0. The van der Waals surface area contributed by atoms with E-state index in [-0.39, 0.29) is 0 Å². The van der Waals surface area contributed by atoms with Gasteiger partial charge in [-0.3, -0.25) is 0 Å². The molecular formula is C16H35N. The monoisotopic (exact) mass is 241 g/mol. The van der Waals surface area contributed by atoms with Gasteiger partial charge in [0.15, 0.2) is 0 Å². The van der Waals surface area contributed by atoms with Crippen LogP contribution in [0, 0.1) is 5.92 Å². The van der Waals surface area contributed by atoms with Gasteiger partial charge in [0, 0.05) is 0 Å². The van der Waals surface area contributed by atoms with E-state index in [0.717, 1.165) is 12.5 Å². The summed E-state index contributed by atoms with van der Waals surface area (Å²) in [5, 5.41) is 0. The van der Waals surface area contributed by atoms with Crippen LogP contribution in [-0.2, 0) is 0 Å². The van der Waals surface area contributed by atoms with Crippen LogP contribution in [0.15, 0.2) is 0 Å². The molecule has 17 heavy (non-hydrogen) atoms. The lowest BCUT2D eigenvalue weighted by molar-refractivity contribution is 0.433. The van der Waals surface area contributed by atoms with Crippen LogP contribution < -0.4 is 5.73 Å². The van der Waals surface area contributed by atoms with Crippen molar-refractivity contribution in [1.82, 2.24) is 0 Å². The zero-order valence-corrected chi connectivity index (χ0v) is 12.3. The maximum atomic E-state index is 5.49. The highest BCUT2D eigenvalue weighted by Crippen LogP contribution is 2.17. The number of rotatable bonds is 13. The molecular weight excluding hydrogens is 206 g/mol. The van der Waals surface area contributed by atoms with E-state index in [1.165, 1.54) is 77.0 Å². The number of nitrogens with two attached hydrogens (primary N) is 1. The van der Waals surface area contributed by atoms with E-state index in [2.05, 4.69) is 13.8 Å². The SMILES string of the molecule is CCCCCCCCC(C)CCCCCCN. The lowest BCUT2D eigenvalue weighted by Crippen LogP contribution is -1.98. The Morgan fingerprint density at radius 2 is 1.18 bits per heavy atom. The zero-order chi connectivity index (χ0) is 12.8. The van der Waals surface area contributed by atoms with Gasteiger partial charge >= 0.3 is 0 Å². The first-order valence-corrected chi connectivity index (χ1v) is 8.01. The summed E-state index contributed by atoms with van der Waals surface area (Å²) < 4.78 is 0. The fourth-order valence-corrected chi connectivity index (χ4v) is 2.41. The smallest absolute Gasteiger partial charge is 0.00773 e. The Kier molecular flexibility index (Phi) is 14.0. The van der Waals surface area contributed by atoms with Crippen LogP contribution in [-0.4, -0.2) is 6.54 Å². The predicted molar refractivity (Wildman–Crippen MR) is 79.3 cm³/mol. The quantitative estimate of drug-likeness (QED) is 0.436. The molecule has 0 aliphatic heterocycles. The molecule has 0 radical (unpaired) electrons. The molecule has 0 aromatic carbocycles. The van der Waals surface area contributed by atoms with Crippen LogP contribution >= 0.6 is 0 Å². The molecule has 0 heterocycles. The molecule has 0 spiro atoms. The third kappa shape index (κ3) is 13.9. The summed E-state index contributed by atoms with van der Waals surface area (Å²) in [5.74, 6) is 0.944. The third-order valence-electron chi connectivity index (χ3n) is 3.70. The molecule has 1 unspecified atom stereocenters. The van der Waals surface area contributed by atoms with Crippen LogP contribution in [0.5, 0.6) is 0 Å². The second-order valence-electron chi connectivity index (χ2n) is 5.65. The predicted octanol–water partition coefficient (Wildman–Crippen LogP) is 5.28. The highest BCUT2D eigenvalue weighted by atomic mass is 14.5. The summed E-state index contributed by atoms with van der Waals surface area (Å²) in [5.41, 5.74) is 5.49. The Labute approximate surface area is 110 Å². The van der Waals surface area contributed by atoms with Crippen LogP contribution in [0.25, 0.3) is 0 Å². The number of hydrogen-bond donors (Lipinski definition) is 1. The maximum Gasteiger partial charge on any atom is -0.00773 e. The molecule has 0 fully saturated rings. The molecule has 2 N–H and O–H groups in total. The van der Waals surface area contributed by atoms with Gasteiger partial charge in [-0.25, -0.2) is 0 Å². The molecule has 0 amide bonds. The normalized spacial score (nSPS) is 12.9. The van der Waals surface area contributed by atoms with Crippen LogP contribution in [0.2, 0.25) is 0 Å². The summed E-state index contributed by atoms with van der Waals surface area (Å²) >= 11 is 0. The van der Waals surface area contributed by atoms with Gasteiger partial charge < -0.3 is 5.73 Å². The van der Waals surface area contributed by atoms with E-state index in [1.807, 2.05) is 0 Å². The van der Waals surface area contributed by atoms with Crippen LogP contribution in [0.4, 0.5) is 0 Å². The topological polar surface area (TPSA) is 26.0 Å². The van der Waals surface area contributed by atoms with Gasteiger partial charge in [-0.15, -0.1) is 0 Å². The van der Waals surface area contributed by atoms with Gasteiger partial charge in [-0.05, 0) is 18.9 Å². The fraction of sp³-hybridized carbons (Fsp3) is 1.00. The van der Waals surface area contributed by atoms with E-state index < -0.39 is 0 Å². The summed E-state index contributed by atoms with van der Waals surface area (Å²) in [4.78, 5) is 0. The van der Waals surface area contributed by atoms with E-state index >= 15 is 0 Å². The summed E-state index contributed by atoms with van der Waals surface area (Å²) in [7, 11) is 0. The molecule has 104 valence electrons. The lowest BCUT2D eigenvalue weighted by atomic mass is 9.96.